The summed E-state index contributed by atoms with van der Waals surface area (Å²) in [6.45, 7) is 1.08. The first-order valence-corrected chi connectivity index (χ1v) is 7.49. The van der Waals surface area contributed by atoms with Gasteiger partial charge >= 0.3 is 0 Å². The van der Waals surface area contributed by atoms with E-state index >= 15 is 0 Å². The molecule has 1 aromatic carbocycles. The first-order chi connectivity index (χ1) is 9.15. The maximum atomic E-state index is 6.15. The minimum absolute atomic E-state index is 0.757. The molecule has 1 fully saturated rings. The highest BCUT2D eigenvalue weighted by atomic mass is 79.9. The average molecular weight is 320 g/mol. The van der Waals surface area contributed by atoms with Crippen molar-refractivity contribution in [3.05, 3.63) is 28.9 Å². The van der Waals surface area contributed by atoms with Gasteiger partial charge in [0.25, 0.3) is 0 Å². The summed E-state index contributed by atoms with van der Waals surface area (Å²) >= 11 is 3.53. The second kappa shape index (κ2) is 5.00. The van der Waals surface area contributed by atoms with E-state index in [0.29, 0.717) is 0 Å². The number of benzene rings is 1. The normalized spacial score (nSPS) is 15.5. The monoisotopic (exact) mass is 319 g/mol. The number of hydrogen-bond donors (Lipinski definition) is 1. The maximum absolute atomic E-state index is 6.15. The fourth-order valence-corrected chi connectivity index (χ4v) is 3.11. The van der Waals surface area contributed by atoms with Gasteiger partial charge in [-0.2, -0.15) is 0 Å². The fourth-order valence-electron chi connectivity index (χ4n) is 2.75. The van der Waals surface area contributed by atoms with Crippen molar-refractivity contribution < 1.29 is 0 Å². The van der Waals surface area contributed by atoms with Gasteiger partial charge < -0.3 is 10.6 Å². The molecule has 0 atom stereocenters. The zero-order chi connectivity index (χ0) is 13.4. The van der Waals surface area contributed by atoms with Crippen molar-refractivity contribution in [2.75, 3.05) is 24.2 Å². The number of nitrogens with zero attached hydrogens (tertiary/aromatic N) is 2. The molecule has 4 heteroatoms. The summed E-state index contributed by atoms with van der Waals surface area (Å²) in [5.41, 5.74) is 9.01. The van der Waals surface area contributed by atoms with E-state index in [1.807, 2.05) is 12.1 Å². The Balaban J connectivity index is 2.04. The minimum atomic E-state index is 0.757. The molecule has 2 aromatic rings. The van der Waals surface area contributed by atoms with E-state index in [1.54, 1.807) is 6.20 Å². The van der Waals surface area contributed by atoms with Gasteiger partial charge in [0.15, 0.2) is 0 Å². The van der Waals surface area contributed by atoms with Crippen LogP contribution in [0.5, 0.6) is 0 Å². The molecule has 1 saturated carbocycles. The van der Waals surface area contributed by atoms with Crippen molar-refractivity contribution in [1.29, 1.82) is 0 Å². The average Bonchev–Trinajstić information content (AvgIpc) is 2.33. The molecule has 2 N–H and O–H groups in total. The summed E-state index contributed by atoms with van der Waals surface area (Å²) in [5, 5.41) is 1.12. The summed E-state index contributed by atoms with van der Waals surface area (Å²) in [7, 11) is 2.13. The molecule has 1 aliphatic carbocycles. The molecule has 0 amide bonds. The van der Waals surface area contributed by atoms with Crippen LogP contribution >= 0.6 is 15.9 Å². The largest absolute Gasteiger partial charge is 0.396 e. The van der Waals surface area contributed by atoms with Crippen molar-refractivity contribution >= 4 is 38.2 Å². The number of aromatic nitrogens is 1. The van der Waals surface area contributed by atoms with E-state index in [2.05, 4.69) is 38.9 Å². The van der Waals surface area contributed by atoms with E-state index in [4.69, 9.17) is 5.73 Å². The molecule has 3 rings (SSSR count). The number of halogens is 1. The molecule has 0 bridgehead atoms. The van der Waals surface area contributed by atoms with Gasteiger partial charge in [0.05, 0.1) is 23.1 Å². The molecule has 19 heavy (non-hydrogen) atoms. The summed E-state index contributed by atoms with van der Waals surface area (Å²) in [5.74, 6) is 0.819. The third-order valence-electron chi connectivity index (χ3n) is 3.97. The lowest BCUT2D eigenvalue weighted by atomic mass is 9.85. The van der Waals surface area contributed by atoms with E-state index in [9.17, 15) is 0 Å². The van der Waals surface area contributed by atoms with Gasteiger partial charge in [0.2, 0.25) is 0 Å². The van der Waals surface area contributed by atoms with E-state index in [1.165, 1.54) is 19.3 Å². The fraction of sp³-hybridized carbons (Fsp3) is 0.400. The van der Waals surface area contributed by atoms with Crippen LogP contribution in [0.15, 0.2) is 28.9 Å². The molecule has 100 valence electrons. The van der Waals surface area contributed by atoms with Crippen LogP contribution in [0.1, 0.15) is 19.3 Å². The molecular formula is C15H18BrN3. The Morgan fingerprint density at radius 3 is 2.89 bits per heavy atom. The molecule has 0 aliphatic heterocycles. The quantitative estimate of drug-likeness (QED) is 0.935. The van der Waals surface area contributed by atoms with Crippen LogP contribution in [0.25, 0.3) is 10.9 Å². The van der Waals surface area contributed by atoms with Gasteiger partial charge in [-0.25, -0.2) is 0 Å². The van der Waals surface area contributed by atoms with Crippen molar-refractivity contribution in [3.63, 3.8) is 0 Å². The number of nitrogens with two attached hydrogens (primary N) is 1. The second-order valence-electron chi connectivity index (χ2n) is 5.40. The smallest absolute Gasteiger partial charge is 0.0745 e. The van der Waals surface area contributed by atoms with Gasteiger partial charge in [-0.05, 0) is 37.0 Å². The molecule has 1 aliphatic rings. The van der Waals surface area contributed by atoms with Crippen molar-refractivity contribution in [2.24, 2.45) is 5.92 Å². The Hall–Kier alpha value is -1.29. The zero-order valence-corrected chi connectivity index (χ0v) is 12.7. The first kappa shape index (κ1) is 12.7. The Bertz CT molecular complexity index is 602. The summed E-state index contributed by atoms with van der Waals surface area (Å²) < 4.78 is 1.06. The lowest BCUT2D eigenvalue weighted by Crippen LogP contribution is -2.30. The Morgan fingerprint density at radius 1 is 1.42 bits per heavy atom. The zero-order valence-electron chi connectivity index (χ0n) is 11.1. The van der Waals surface area contributed by atoms with E-state index in [0.717, 1.165) is 39.2 Å². The lowest BCUT2D eigenvalue weighted by Gasteiger charge is -2.32. The SMILES string of the molecule is CN(CC1CCC1)c1c(N)cnc2ccc(Br)cc12. The number of pyridine rings is 1. The van der Waals surface area contributed by atoms with Crippen molar-refractivity contribution in [3.8, 4) is 0 Å². The molecule has 0 radical (unpaired) electrons. The molecule has 3 nitrogen and oxygen atoms in total. The summed E-state index contributed by atoms with van der Waals surface area (Å²) in [6.07, 6.45) is 5.83. The standard InChI is InChI=1S/C15H18BrN3/c1-19(9-10-3-2-4-10)15-12-7-11(16)5-6-14(12)18-8-13(15)17/h5-8,10H,2-4,9,17H2,1H3. The van der Waals surface area contributed by atoms with Crippen LogP contribution in [-0.4, -0.2) is 18.6 Å². The highest BCUT2D eigenvalue weighted by Crippen LogP contribution is 2.35. The van der Waals surface area contributed by atoms with Crippen LogP contribution in [0.4, 0.5) is 11.4 Å². The van der Waals surface area contributed by atoms with E-state index < -0.39 is 0 Å². The molecule has 1 heterocycles. The van der Waals surface area contributed by atoms with Crippen LogP contribution < -0.4 is 10.6 Å². The third kappa shape index (κ3) is 2.41. The lowest BCUT2D eigenvalue weighted by molar-refractivity contribution is 0.321. The van der Waals surface area contributed by atoms with Crippen molar-refractivity contribution in [1.82, 2.24) is 4.98 Å². The predicted octanol–water partition coefficient (Wildman–Crippen LogP) is 3.82. The minimum Gasteiger partial charge on any atom is -0.396 e. The summed E-state index contributed by atoms with van der Waals surface area (Å²) in [6, 6.07) is 6.14. The van der Waals surface area contributed by atoms with Crippen LogP contribution in [0.2, 0.25) is 0 Å². The number of anilines is 2. The van der Waals surface area contributed by atoms with Gasteiger partial charge in [-0.3, -0.25) is 4.98 Å². The first-order valence-electron chi connectivity index (χ1n) is 6.70. The number of rotatable bonds is 3. The highest BCUT2D eigenvalue weighted by molar-refractivity contribution is 9.10. The summed E-state index contributed by atoms with van der Waals surface area (Å²) in [4.78, 5) is 6.69. The molecule has 0 saturated heterocycles. The second-order valence-corrected chi connectivity index (χ2v) is 6.32. The van der Waals surface area contributed by atoms with Crippen molar-refractivity contribution in [2.45, 2.75) is 19.3 Å². The maximum Gasteiger partial charge on any atom is 0.0745 e. The van der Waals surface area contributed by atoms with Gasteiger partial charge in [-0.15, -0.1) is 0 Å². The topological polar surface area (TPSA) is 42.1 Å². The van der Waals surface area contributed by atoms with Crippen LogP contribution in [0, 0.1) is 5.92 Å². The van der Waals surface area contributed by atoms with E-state index in [-0.39, 0.29) is 0 Å². The Kier molecular flexibility index (Phi) is 3.35. The number of nitrogen functional groups attached to an aromatic ring is 1. The number of hydrogen-bond acceptors (Lipinski definition) is 3. The molecule has 1 aromatic heterocycles. The van der Waals surface area contributed by atoms with Crippen LogP contribution in [-0.2, 0) is 0 Å². The third-order valence-corrected chi connectivity index (χ3v) is 4.46. The highest BCUT2D eigenvalue weighted by Gasteiger charge is 2.21. The molecule has 0 unspecified atom stereocenters. The van der Waals surface area contributed by atoms with Gasteiger partial charge in [0.1, 0.15) is 0 Å². The van der Waals surface area contributed by atoms with Crippen LogP contribution in [0.3, 0.4) is 0 Å². The van der Waals surface area contributed by atoms with Gasteiger partial charge in [-0.1, -0.05) is 22.4 Å². The Labute approximate surface area is 121 Å². The molecule has 0 spiro atoms. The van der Waals surface area contributed by atoms with Gasteiger partial charge in [0, 0.05) is 23.5 Å². The predicted molar refractivity (Wildman–Crippen MR) is 84.5 cm³/mol. The molecular weight excluding hydrogens is 302 g/mol. The Morgan fingerprint density at radius 2 is 2.21 bits per heavy atom. The number of fused-ring (bicyclic) bond motifs is 1.